The Hall–Kier alpha value is -1.06. The quantitative estimate of drug-likeness (QED) is 0.882. The molecule has 2 aromatic carbocycles. The van der Waals surface area contributed by atoms with Gasteiger partial charge in [0.2, 0.25) is 0 Å². The largest absolute Gasteiger partial charge is 0.329 e. The number of nitrogens with zero attached hydrogens (tertiary/aromatic N) is 1. The summed E-state index contributed by atoms with van der Waals surface area (Å²) < 4.78 is 0. The molecule has 0 amide bonds. The molecule has 0 saturated carbocycles. The van der Waals surface area contributed by atoms with Crippen molar-refractivity contribution in [3.63, 3.8) is 0 Å². The van der Waals surface area contributed by atoms with Gasteiger partial charge in [0, 0.05) is 29.2 Å². The number of nitrogens with two attached hydrogens (primary N) is 1. The van der Waals surface area contributed by atoms with Crippen molar-refractivity contribution in [1.29, 1.82) is 0 Å². The number of hydrogen-bond acceptors (Lipinski definition) is 2. The van der Waals surface area contributed by atoms with Gasteiger partial charge in [-0.05, 0) is 42.8 Å². The third-order valence-electron chi connectivity index (χ3n) is 3.71. The normalized spacial score (nSPS) is 12.7. The number of rotatable bonds is 5. The fraction of sp³-hybridized carbons (Fsp3) is 0.294. The number of hydrogen-bond donors (Lipinski definition) is 1. The first-order valence-corrected chi connectivity index (χ1v) is 7.68. The van der Waals surface area contributed by atoms with Crippen LogP contribution in [0.2, 0.25) is 10.0 Å². The highest BCUT2D eigenvalue weighted by Gasteiger charge is 2.17. The standard InChI is InChI=1S/C17H20Cl2N2/c1-12-7-8-13(9-16(12)19)17(10-20)21(2)11-14-5-3-4-6-15(14)18/h3-9,17H,10-11,20H2,1-2H3. The Balaban J connectivity index is 2.20. The molecule has 0 aromatic heterocycles. The van der Waals surface area contributed by atoms with Crippen molar-refractivity contribution in [3.05, 3.63) is 69.2 Å². The van der Waals surface area contributed by atoms with Gasteiger partial charge in [0.1, 0.15) is 0 Å². The van der Waals surface area contributed by atoms with Gasteiger partial charge in [-0.2, -0.15) is 0 Å². The van der Waals surface area contributed by atoms with Gasteiger partial charge in [-0.15, -0.1) is 0 Å². The highest BCUT2D eigenvalue weighted by Crippen LogP contribution is 2.26. The van der Waals surface area contributed by atoms with Gasteiger partial charge >= 0.3 is 0 Å². The zero-order valence-corrected chi connectivity index (χ0v) is 13.8. The summed E-state index contributed by atoms with van der Waals surface area (Å²) in [6, 6.07) is 14.1. The predicted molar refractivity (Wildman–Crippen MR) is 90.9 cm³/mol. The Kier molecular flexibility index (Phi) is 5.65. The van der Waals surface area contributed by atoms with E-state index in [0.717, 1.165) is 33.3 Å². The molecule has 2 nitrogen and oxygen atoms in total. The lowest BCUT2D eigenvalue weighted by Crippen LogP contribution is -2.30. The average Bonchev–Trinajstić information content (AvgIpc) is 2.46. The van der Waals surface area contributed by atoms with E-state index >= 15 is 0 Å². The van der Waals surface area contributed by atoms with E-state index in [-0.39, 0.29) is 6.04 Å². The lowest BCUT2D eigenvalue weighted by molar-refractivity contribution is 0.242. The van der Waals surface area contributed by atoms with Gasteiger partial charge in [0.25, 0.3) is 0 Å². The number of benzene rings is 2. The third-order valence-corrected chi connectivity index (χ3v) is 4.49. The van der Waals surface area contributed by atoms with Gasteiger partial charge in [0.05, 0.1) is 0 Å². The van der Waals surface area contributed by atoms with Crippen molar-refractivity contribution in [2.45, 2.75) is 19.5 Å². The zero-order valence-electron chi connectivity index (χ0n) is 12.3. The topological polar surface area (TPSA) is 29.3 Å². The Bertz CT molecular complexity index is 613. The first-order valence-electron chi connectivity index (χ1n) is 6.92. The molecule has 0 saturated heterocycles. The van der Waals surface area contributed by atoms with E-state index in [1.807, 2.05) is 43.3 Å². The molecule has 0 fully saturated rings. The summed E-state index contributed by atoms with van der Waals surface area (Å²) in [4.78, 5) is 2.20. The second kappa shape index (κ2) is 7.28. The number of aryl methyl sites for hydroxylation is 1. The molecule has 2 N–H and O–H groups in total. The molecule has 2 rings (SSSR count). The lowest BCUT2D eigenvalue weighted by atomic mass is 10.0. The Morgan fingerprint density at radius 3 is 2.43 bits per heavy atom. The average molecular weight is 323 g/mol. The summed E-state index contributed by atoms with van der Waals surface area (Å²) >= 11 is 12.5. The summed E-state index contributed by atoms with van der Waals surface area (Å²) in [5.74, 6) is 0. The van der Waals surface area contributed by atoms with E-state index in [2.05, 4.69) is 18.0 Å². The van der Waals surface area contributed by atoms with Crippen LogP contribution < -0.4 is 5.73 Å². The van der Waals surface area contributed by atoms with Crippen LogP contribution in [0, 0.1) is 6.92 Å². The molecule has 0 aliphatic rings. The summed E-state index contributed by atoms with van der Waals surface area (Å²) in [7, 11) is 2.05. The van der Waals surface area contributed by atoms with E-state index in [4.69, 9.17) is 28.9 Å². The third kappa shape index (κ3) is 3.98. The molecule has 21 heavy (non-hydrogen) atoms. The van der Waals surface area contributed by atoms with E-state index in [0.29, 0.717) is 6.54 Å². The molecule has 0 aliphatic carbocycles. The summed E-state index contributed by atoms with van der Waals surface area (Å²) in [5.41, 5.74) is 9.26. The molecule has 0 radical (unpaired) electrons. The lowest BCUT2D eigenvalue weighted by Gasteiger charge is -2.28. The Morgan fingerprint density at radius 2 is 1.81 bits per heavy atom. The smallest absolute Gasteiger partial charge is 0.0471 e. The van der Waals surface area contributed by atoms with Crippen LogP contribution in [-0.2, 0) is 6.54 Å². The molecule has 1 atom stereocenters. The van der Waals surface area contributed by atoms with Gasteiger partial charge < -0.3 is 5.73 Å². The van der Waals surface area contributed by atoms with Crippen molar-refractivity contribution in [2.75, 3.05) is 13.6 Å². The van der Waals surface area contributed by atoms with Crippen molar-refractivity contribution in [3.8, 4) is 0 Å². The fourth-order valence-corrected chi connectivity index (χ4v) is 2.78. The second-order valence-electron chi connectivity index (χ2n) is 5.27. The highest BCUT2D eigenvalue weighted by molar-refractivity contribution is 6.31. The molecule has 2 aromatic rings. The monoisotopic (exact) mass is 322 g/mol. The maximum Gasteiger partial charge on any atom is 0.0471 e. The van der Waals surface area contributed by atoms with Crippen LogP contribution in [0.4, 0.5) is 0 Å². The first-order chi connectivity index (χ1) is 10.0. The summed E-state index contributed by atoms with van der Waals surface area (Å²) in [6.07, 6.45) is 0. The van der Waals surface area contributed by atoms with E-state index in [1.54, 1.807) is 0 Å². The summed E-state index contributed by atoms with van der Waals surface area (Å²) in [5, 5.41) is 1.55. The maximum atomic E-state index is 6.23. The van der Waals surface area contributed by atoms with E-state index < -0.39 is 0 Å². The van der Waals surface area contributed by atoms with Crippen molar-refractivity contribution in [2.24, 2.45) is 5.73 Å². The SMILES string of the molecule is Cc1ccc(C(CN)N(C)Cc2ccccc2Cl)cc1Cl. The van der Waals surface area contributed by atoms with Crippen LogP contribution >= 0.6 is 23.2 Å². The highest BCUT2D eigenvalue weighted by atomic mass is 35.5. The molecule has 1 unspecified atom stereocenters. The number of halogens is 2. The molecular formula is C17H20Cl2N2. The van der Waals surface area contributed by atoms with E-state index in [9.17, 15) is 0 Å². The van der Waals surface area contributed by atoms with Crippen molar-refractivity contribution in [1.82, 2.24) is 4.90 Å². The van der Waals surface area contributed by atoms with Crippen LogP contribution in [-0.4, -0.2) is 18.5 Å². The van der Waals surface area contributed by atoms with Crippen LogP contribution in [0.15, 0.2) is 42.5 Å². The fourth-order valence-electron chi connectivity index (χ4n) is 2.39. The second-order valence-corrected chi connectivity index (χ2v) is 6.08. The van der Waals surface area contributed by atoms with Crippen LogP contribution in [0.1, 0.15) is 22.7 Å². The Morgan fingerprint density at radius 1 is 1.10 bits per heavy atom. The van der Waals surface area contributed by atoms with Crippen LogP contribution in [0.25, 0.3) is 0 Å². The summed E-state index contributed by atoms with van der Waals surface area (Å²) in [6.45, 7) is 3.27. The maximum absolute atomic E-state index is 6.23. The molecule has 0 aliphatic heterocycles. The molecule has 112 valence electrons. The molecule has 4 heteroatoms. The van der Waals surface area contributed by atoms with Crippen molar-refractivity contribution >= 4 is 23.2 Å². The van der Waals surface area contributed by atoms with Gasteiger partial charge in [-0.1, -0.05) is 53.5 Å². The first kappa shape index (κ1) is 16.3. The Labute approximate surface area is 136 Å². The minimum Gasteiger partial charge on any atom is -0.329 e. The molecule has 0 spiro atoms. The number of likely N-dealkylation sites (N-methyl/N-ethyl adjacent to an activating group) is 1. The van der Waals surface area contributed by atoms with Crippen LogP contribution in [0.5, 0.6) is 0 Å². The molecule has 0 bridgehead atoms. The van der Waals surface area contributed by atoms with Gasteiger partial charge in [0.15, 0.2) is 0 Å². The molecule has 0 heterocycles. The van der Waals surface area contributed by atoms with Gasteiger partial charge in [-0.25, -0.2) is 0 Å². The zero-order chi connectivity index (χ0) is 15.4. The van der Waals surface area contributed by atoms with Gasteiger partial charge in [-0.3, -0.25) is 4.90 Å². The van der Waals surface area contributed by atoms with Crippen LogP contribution in [0.3, 0.4) is 0 Å². The predicted octanol–water partition coefficient (Wildman–Crippen LogP) is 4.43. The van der Waals surface area contributed by atoms with Crippen molar-refractivity contribution < 1.29 is 0 Å². The molecular weight excluding hydrogens is 303 g/mol. The van der Waals surface area contributed by atoms with E-state index in [1.165, 1.54) is 0 Å². The minimum absolute atomic E-state index is 0.111. The minimum atomic E-state index is 0.111.